The van der Waals surface area contributed by atoms with Crippen molar-refractivity contribution >= 4 is 22.8 Å². The summed E-state index contributed by atoms with van der Waals surface area (Å²) in [6.45, 7) is 4.75. The minimum absolute atomic E-state index is 0.0471. The molecule has 1 amide bonds. The number of nitrogens with one attached hydrogen (secondary N) is 1. The van der Waals surface area contributed by atoms with E-state index in [9.17, 15) is 9.90 Å². The second kappa shape index (κ2) is 9.07. The Morgan fingerprint density at radius 3 is 2.94 bits per heavy atom. The maximum Gasteiger partial charge on any atom is 0.412 e. The van der Waals surface area contributed by atoms with Crippen molar-refractivity contribution in [3.8, 4) is 0 Å². The summed E-state index contributed by atoms with van der Waals surface area (Å²) in [7, 11) is 0. The highest BCUT2D eigenvalue weighted by Crippen LogP contribution is 2.36. The van der Waals surface area contributed by atoms with Gasteiger partial charge in [-0.25, -0.2) is 9.78 Å². The van der Waals surface area contributed by atoms with Gasteiger partial charge in [-0.2, -0.15) is 5.10 Å². The standard InChI is InChI=1S/C23H27N7O3/c1-16-3-4-18-19(30(16)23(31)32)5-6-20-22(18)27-21(8-13-28-12-2-9-25-28)29(20)14-11-24-15-17-7-10-26-33-17/h2,5-7,9-10,12,16,24H,3-4,8,11,13-15H2,1H3,(H,31,32)/t16-/m0/s1. The van der Waals surface area contributed by atoms with Crippen LogP contribution in [0.2, 0.25) is 0 Å². The fourth-order valence-corrected chi connectivity index (χ4v) is 4.59. The third-order valence-electron chi connectivity index (χ3n) is 6.22. The van der Waals surface area contributed by atoms with Gasteiger partial charge in [-0.15, -0.1) is 0 Å². The molecule has 2 N–H and O–H groups in total. The summed E-state index contributed by atoms with van der Waals surface area (Å²) in [6, 6.07) is 7.64. The predicted octanol–water partition coefficient (Wildman–Crippen LogP) is 3.07. The molecule has 0 aliphatic carbocycles. The summed E-state index contributed by atoms with van der Waals surface area (Å²) in [4.78, 5) is 18.4. The van der Waals surface area contributed by atoms with Crippen LogP contribution in [-0.4, -0.2) is 48.3 Å². The van der Waals surface area contributed by atoms with E-state index in [2.05, 4.69) is 20.1 Å². The fraction of sp³-hybridized carbons (Fsp3) is 0.391. The average molecular weight is 450 g/mol. The first kappa shape index (κ1) is 21.2. The molecule has 0 bridgehead atoms. The van der Waals surface area contributed by atoms with Gasteiger partial charge in [0.1, 0.15) is 11.6 Å². The number of anilines is 1. The van der Waals surface area contributed by atoms with E-state index in [0.29, 0.717) is 6.54 Å². The van der Waals surface area contributed by atoms with Crippen molar-refractivity contribution in [3.63, 3.8) is 0 Å². The summed E-state index contributed by atoms with van der Waals surface area (Å²) in [5.74, 6) is 1.76. The molecule has 1 aliphatic rings. The molecule has 172 valence electrons. The van der Waals surface area contributed by atoms with Crippen molar-refractivity contribution in [3.05, 3.63) is 60.0 Å². The summed E-state index contributed by atoms with van der Waals surface area (Å²) in [5.41, 5.74) is 3.70. The molecule has 1 aromatic carbocycles. The molecule has 0 saturated heterocycles. The van der Waals surface area contributed by atoms with Gasteiger partial charge in [0.15, 0.2) is 0 Å². The molecule has 0 saturated carbocycles. The number of amides is 1. The smallest absolute Gasteiger partial charge is 0.412 e. The van der Waals surface area contributed by atoms with E-state index in [1.165, 1.54) is 4.90 Å². The number of rotatable bonds is 8. The van der Waals surface area contributed by atoms with Gasteiger partial charge >= 0.3 is 6.09 Å². The van der Waals surface area contributed by atoms with E-state index in [0.717, 1.165) is 72.8 Å². The zero-order chi connectivity index (χ0) is 22.8. The van der Waals surface area contributed by atoms with Gasteiger partial charge in [0.2, 0.25) is 0 Å². The van der Waals surface area contributed by atoms with Gasteiger partial charge in [-0.1, -0.05) is 5.16 Å². The summed E-state index contributed by atoms with van der Waals surface area (Å²) in [5, 5.41) is 21.2. The van der Waals surface area contributed by atoms with Gasteiger partial charge in [0.25, 0.3) is 0 Å². The minimum Gasteiger partial charge on any atom is -0.465 e. The van der Waals surface area contributed by atoms with E-state index >= 15 is 0 Å². The second-order valence-corrected chi connectivity index (χ2v) is 8.33. The summed E-state index contributed by atoms with van der Waals surface area (Å²) >= 11 is 0. The first-order chi connectivity index (χ1) is 16.1. The van der Waals surface area contributed by atoms with Crippen LogP contribution in [0.4, 0.5) is 10.5 Å². The zero-order valence-corrected chi connectivity index (χ0v) is 18.5. The highest BCUT2D eigenvalue weighted by Gasteiger charge is 2.30. The van der Waals surface area contributed by atoms with Gasteiger partial charge in [-0.05, 0) is 38.0 Å². The molecule has 1 aliphatic heterocycles. The molecule has 0 fully saturated rings. The largest absolute Gasteiger partial charge is 0.465 e. The molecule has 33 heavy (non-hydrogen) atoms. The molecule has 3 aromatic heterocycles. The lowest BCUT2D eigenvalue weighted by molar-refractivity contribution is 0.198. The third-order valence-corrected chi connectivity index (χ3v) is 6.22. The van der Waals surface area contributed by atoms with Gasteiger partial charge in [0, 0.05) is 56.1 Å². The summed E-state index contributed by atoms with van der Waals surface area (Å²) in [6.07, 6.45) is 6.76. The Morgan fingerprint density at radius 2 is 2.18 bits per heavy atom. The van der Waals surface area contributed by atoms with Crippen LogP contribution in [0.3, 0.4) is 0 Å². The van der Waals surface area contributed by atoms with E-state index in [4.69, 9.17) is 9.51 Å². The number of aryl methyl sites for hydroxylation is 3. The van der Waals surface area contributed by atoms with Gasteiger partial charge in [0.05, 0.1) is 29.5 Å². The third kappa shape index (κ3) is 4.21. The van der Waals surface area contributed by atoms with Crippen molar-refractivity contribution < 1.29 is 14.4 Å². The molecular formula is C23H27N7O3. The topological polar surface area (TPSA) is 114 Å². The van der Waals surface area contributed by atoms with Crippen LogP contribution in [0.5, 0.6) is 0 Å². The lowest BCUT2D eigenvalue weighted by Gasteiger charge is -2.33. The Labute approximate surface area is 190 Å². The number of aromatic nitrogens is 5. The number of carboxylic acid groups (broad SMARTS) is 1. The first-order valence-electron chi connectivity index (χ1n) is 11.2. The van der Waals surface area contributed by atoms with Crippen molar-refractivity contribution in [2.75, 3.05) is 11.4 Å². The normalized spacial score (nSPS) is 15.8. The number of imidazole rings is 1. The molecule has 0 spiro atoms. The maximum absolute atomic E-state index is 11.9. The van der Waals surface area contributed by atoms with E-state index in [1.54, 1.807) is 12.4 Å². The molecular weight excluding hydrogens is 422 g/mol. The summed E-state index contributed by atoms with van der Waals surface area (Å²) < 4.78 is 9.28. The van der Waals surface area contributed by atoms with Crippen LogP contribution in [0.1, 0.15) is 30.5 Å². The molecule has 4 heterocycles. The molecule has 1 atom stereocenters. The van der Waals surface area contributed by atoms with E-state index < -0.39 is 6.09 Å². The molecule has 10 nitrogen and oxygen atoms in total. The highest BCUT2D eigenvalue weighted by molar-refractivity contribution is 5.94. The molecule has 0 radical (unpaired) electrons. The number of carbonyl (C=O) groups is 1. The van der Waals surface area contributed by atoms with Crippen molar-refractivity contribution in [1.29, 1.82) is 0 Å². The van der Waals surface area contributed by atoms with Crippen molar-refractivity contribution in [2.24, 2.45) is 0 Å². The van der Waals surface area contributed by atoms with Gasteiger partial charge in [-0.3, -0.25) is 9.58 Å². The Bertz CT molecular complexity index is 1230. The Balaban J connectivity index is 1.45. The molecule has 10 heteroatoms. The Hall–Kier alpha value is -3.66. The number of fused-ring (bicyclic) bond motifs is 3. The lowest BCUT2D eigenvalue weighted by Crippen LogP contribution is -2.41. The lowest BCUT2D eigenvalue weighted by atomic mass is 9.96. The molecule has 4 aromatic rings. The quantitative estimate of drug-likeness (QED) is 0.397. The second-order valence-electron chi connectivity index (χ2n) is 8.33. The highest BCUT2D eigenvalue weighted by atomic mass is 16.5. The monoisotopic (exact) mass is 449 g/mol. The van der Waals surface area contributed by atoms with E-state index in [-0.39, 0.29) is 6.04 Å². The van der Waals surface area contributed by atoms with E-state index in [1.807, 2.05) is 42.1 Å². The maximum atomic E-state index is 11.9. The number of nitrogens with zero attached hydrogens (tertiary/aromatic N) is 6. The van der Waals surface area contributed by atoms with Crippen LogP contribution < -0.4 is 10.2 Å². The Morgan fingerprint density at radius 1 is 1.27 bits per heavy atom. The van der Waals surface area contributed by atoms with Crippen LogP contribution in [0.25, 0.3) is 11.0 Å². The predicted molar refractivity (Wildman–Crippen MR) is 122 cm³/mol. The fourth-order valence-electron chi connectivity index (χ4n) is 4.59. The number of hydrogen-bond acceptors (Lipinski definition) is 6. The van der Waals surface area contributed by atoms with Crippen molar-refractivity contribution in [2.45, 2.75) is 51.9 Å². The first-order valence-corrected chi connectivity index (χ1v) is 11.2. The Kier molecular flexibility index (Phi) is 5.82. The number of benzene rings is 1. The van der Waals surface area contributed by atoms with Gasteiger partial charge < -0.3 is 19.5 Å². The zero-order valence-electron chi connectivity index (χ0n) is 18.5. The number of hydrogen-bond donors (Lipinski definition) is 2. The SMILES string of the molecule is C[C@H]1CCc2c(ccc3c2nc(CCn2cccn2)n3CCNCc2ccno2)N1C(=O)O. The molecule has 0 unspecified atom stereocenters. The van der Waals surface area contributed by atoms with Crippen LogP contribution in [-0.2, 0) is 32.5 Å². The van der Waals surface area contributed by atoms with Crippen LogP contribution in [0, 0.1) is 0 Å². The van der Waals surface area contributed by atoms with Crippen molar-refractivity contribution in [1.82, 2.24) is 29.8 Å². The van der Waals surface area contributed by atoms with Crippen LogP contribution in [0.15, 0.2) is 47.4 Å². The molecule has 5 rings (SSSR count). The van der Waals surface area contributed by atoms with Crippen LogP contribution >= 0.6 is 0 Å². The minimum atomic E-state index is -0.919. The average Bonchev–Trinajstić information content (AvgIpc) is 3.56.